The van der Waals surface area contributed by atoms with Crippen molar-refractivity contribution in [3.05, 3.63) is 283 Å². The smallest absolute Gasteiger partial charge is 0.320 e. The number of alkyl halides is 2. The van der Waals surface area contributed by atoms with Crippen molar-refractivity contribution in [3.63, 3.8) is 0 Å². The lowest BCUT2D eigenvalue weighted by Crippen LogP contribution is -2.62. The van der Waals surface area contributed by atoms with E-state index < -0.39 is 24.6 Å². The number of likely N-dealkylation sites (N-methyl/N-ethyl adjacent to an activating group) is 1. The van der Waals surface area contributed by atoms with E-state index in [2.05, 4.69) is 80.8 Å². The molecule has 0 radical (unpaired) electrons. The summed E-state index contributed by atoms with van der Waals surface area (Å²) in [6, 6.07) is 61.4. The Kier molecular flexibility index (Phi) is 34.9. The van der Waals surface area contributed by atoms with Crippen LogP contribution in [0, 0.1) is 60.8 Å². The van der Waals surface area contributed by atoms with Crippen molar-refractivity contribution in [1.82, 2.24) is 81.2 Å². The lowest BCUT2D eigenvalue weighted by molar-refractivity contribution is -0.0517. The van der Waals surface area contributed by atoms with Crippen molar-refractivity contribution in [2.24, 2.45) is 5.41 Å². The van der Waals surface area contributed by atoms with Gasteiger partial charge < -0.3 is 75.1 Å². The second-order valence-corrected chi connectivity index (χ2v) is 35.7. The fraction of sp³-hybridized carbons (Fsp3) is 0.385. The van der Waals surface area contributed by atoms with Crippen LogP contribution in [0.1, 0.15) is 115 Å². The van der Waals surface area contributed by atoms with Gasteiger partial charge in [-0.25, -0.2) is 46.7 Å². The number of ether oxygens (including phenoxy) is 8. The van der Waals surface area contributed by atoms with E-state index in [0.717, 1.165) is 153 Å². The van der Waals surface area contributed by atoms with Gasteiger partial charge >= 0.3 is 24.1 Å². The van der Waals surface area contributed by atoms with E-state index in [1.807, 2.05) is 242 Å². The Labute approximate surface area is 804 Å². The number of nitrogens with one attached hydrogen (secondary N) is 11. The molecule has 8 heterocycles. The molecule has 1 aliphatic carbocycles. The third kappa shape index (κ3) is 26.2. The van der Waals surface area contributed by atoms with Gasteiger partial charge in [0.05, 0.1) is 71.4 Å². The highest BCUT2D eigenvalue weighted by atomic mass is 19.1. The Hall–Kier alpha value is -13.6. The van der Waals surface area contributed by atoms with Crippen LogP contribution in [0.2, 0.25) is 0 Å². The summed E-state index contributed by atoms with van der Waals surface area (Å²) in [5, 5.41) is 51.8. The van der Waals surface area contributed by atoms with Crippen LogP contribution in [0.5, 0.6) is 23.5 Å². The minimum absolute atomic E-state index is 0.114. The van der Waals surface area contributed by atoms with Crippen LogP contribution in [-0.2, 0) is 71.6 Å². The Morgan fingerprint density at radius 1 is 0.370 bits per heavy atom. The molecule has 4 aromatic heterocycles. The number of hydrogen-bond acceptors (Lipinski definition) is 20. The molecule has 5 fully saturated rings. The SMILES string of the molecule is COCc1ccc(C)c(CNC(=O)Nc2c(C)c(OC3CC4(CNC4)C3)nn2-c2ccccc2)c1.COCc1ccc(C)c(CNC(=O)Nc2c(C)c(OC3CCNCC3)nn2-c2ccccc2)c1.COCc1ccc(C)c(CNC(=O)Nc2c(C)c(O[C@H]3CN(C)C[C@H]3F)nn2-c2ccccc2)c1.COCc1ccc(C)c(CNC(=O)Nc2c(C)c(O[C@H]3CNC[C@H]3F)nn2-c2ccccc2)c1. The molecule has 1 spiro atoms. The van der Waals surface area contributed by atoms with Crippen LogP contribution >= 0.6 is 0 Å². The summed E-state index contributed by atoms with van der Waals surface area (Å²) in [4.78, 5) is 53.5. The summed E-state index contributed by atoms with van der Waals surface area (Å²) < 4.78 is 80.4. The maximum absolute atomic E-state index is 14.4. The molecule has 8 aromatic carbocycles. The summed E-state index contributed by atoms with van der Waals surface area (Å²) in [7, 11) is 8.51. The predicted molar refractivity (Wildman–Crippen MR) is 529 cm³/mol. The van der Waals surface area contributed by atoms with E-state index in [4.69, 9.17) is 48.1 Å². The van der Waals surface area contributed by atoms with Crippen LogP contribution in [0.15, 0.2) is 194 Å². The Morgan fingerprint density at radius 2 is 0.674 bits per heavy atom. The molecule has 8 amide bonds. The number of benzene rings is 8. The number of amides is 8. The molecular formula is C104H128F2N20O12. The van der Waals surface area contributed by atoms with Gasteiger partial charge in [0.25, 0.3) is 0 Å². The largest absolute Gasteiger partial charge is 0.473 e. The van der Waals surface area contributed by atoms with Crippen LogP contribution in [0.4, 0.5) is 51.2 Å². The third-order valence-corrected chi connectivity index (χ3v) is 25.1. The van der Waals surface area contributed by atoms with E-state index in [1.54, 1.807) is 54.1 Å². The van der Waals surface area contributed by atoms with Gasteiger partial charge in [0.2, 0.25) is 23.5 Å². The summed E-state index contributed by atoms with van der Waals surface area (Å²) >= 11 is 0. The number of nitrogens with zero attached hydrogens (tertiary/aromatic N) is 9. The number of halogens is 2. The molecule has 4 aliphatic heterocycles. The lowest BCUT2D eigenvalue weighted by Gasteiger charge is -2.53. The van der Waals surface area contributed by atoms with Crippen molar-refractivity contribution in [2.75, 3.05) is 109 Å². The molecule has 1 saturated carbocycles. The van der Waals surface area contributed by atoms with Gasteiger partial charge in [0.1, 0.15) is 47.7 Å². The number of anilines is 4. The van der Waals surface area contributed by atoms with Crippen molar-refractivity contribution in [1.29, 1.82) is 0 Å². The zero-order valence-corrected chi connectivity index (χ0v) is 80.8. The van der Waals surface area contributed by atoms with Crippen LogP contribution in [-0.4, -0.2) is 193 Å². The first-order valence-electron chi connectivity index (χ1n) is 46.7. The van der Waals surface area contributed by atoms with Gasteiger partial charge in [0.15, 0.2) is 12.3 Å². The number of piperidine rings is 1. The normalized spacial score (nSPS) is 16.5. The number of aryl methyl sites for hydroxylation is 4. The van der Waals surface area contributed by atoms with Gasteiger partial charge in [-0.3, -0.25) is 26.2 Å². The number of carbonyl (C=O) groups is 4. The Bertz CT molecular complexity index is 6060. The highest BCUT2D eigenvalue weighted by Gasteiger charge is 2.50. The standard InChI is InChI=1S/C27H33N5O3.C26H32FN5O3.C26H33N5O3.C25H30FN5O3/c1-18-9-10-20(15-34-3)11-21(18)14-29-26(33)30-24-19(2)25(31-32(24)22-7-5-4-6-8-22)35-23-12-27(13-23)16-28-17-27;1-17-10-11-19(16-34-4)12-20(17)13-28-26(33)29-24-18(2)25(35-23-15-31(3)14-22(23)27)30-32(24)21-8-6-5-7-9-21;1-18-9-10-20(17-33-3)15-21(18)16-28-26(32)29-24-19(2)25(34-23-11-13-27-14-12-23)30-31(24)22-7-5-4-6-8-22;1-16-9-10-18(15-33-3)11-19(16)12-28-25(32)29-23-17(2)24(34-22-14-27-13-21(22)26)30-31(23)20-7-5-4-6-8-20/h4-11,23,28H,12-17H2,1-3H3,(H2,29,30,33);5-12,22-23H,13-16H2,1-4H3,(H2,28,29,33);4-10,15,23,27H,11-14,16-17H2,1-3H3,(H2,28,29,32);4-11,21-22,27H,12-15H2,1-3H3,(H2,28,29,32)/t;22-,23+;;21-,22+/m.1.1/s1. The lowest BCUT2D eigenvalue weighted by atomic mass is 9.63. The van der Waals surface area contributed by atoms with E-state index >= 15 is 0 Å². The van der Waals surface area contributed by atoms with E-state index in [9.17, 15) is 28.0 Å². The van der Waals surface area contributed by atoms with E-state index in [0.29, 0.717) is 136 Å². The van der Waals surface area contributed by atoms with E-state index in [1.165, 1.54) is 0 Å². The topological polar surface area (TPSA) is 349 Å². The van der Waals surface area contributed by atoms with Gasteiger partial charge in [0, 0.05) is 99.3 Å². The summed E-state index contributed by atoms with van der Waals surface area (Å²) in [6.07, 6.45) is 0.789. The first-order chi connectivity index (χ1) is 66.8. The van der Waals surface area contributed by atoms with Crippen molar-refractivity contribution >= 4 is 47.4 Å². The fourth-order valence-corrected chi connectivity index (χ4v) is 17.0. The molecule has 32 nitrogen and oxygen atoms in total. The summed E-state index contributed by atoms with van der Waals surface area (Å²) in [5.74, 6) is 3.84. The molecule has 4 atom stereocenters. The fourth-order valence-electron chi connectivity index (χ4n) is 17.0. The van der Waals surface area contributed by atoms with Crippen LogP contribution in [0.25, 0.3) is 22.7 Å². The number of carbonyl (C=O) groups excluding carboxylic acids is 4. The number of para-hydroxylation sites is 4. The highest BCUT2D eigenvalue weighted by Crippen LogP contribution is 2.47. The molecule has 11 N–H and O–H groups in total. The maximum atomic E-state index is 14.4. The quantitative estimate of drug-likeness (QED) is 0.0187. The minimum Gasteiger partial charge on any atom is -0.473 e. The number of urea groups is 4. The first-order valence-corrected chi connectivity index (χ1v) is 46.7. The monoisotopic (exact) mass is 1890 g/mol. The Balaban J connectivity index is 0.000000147. The number of hydrogen-bond donors (Lipinski definition) is 11. The highest BCUT2D eigenvalue weighted by molar-refractivity contribution is 5.92. The molecule has 5 aliphatic rings. The summed E-state index contributed by atoms with van der Waals surface area (Å²) in [5.41, 5.74) is 19.2. The average molecular weight is 1890 g/mol. The van der Waals surface area contributed by atoms with Crippen LogP contribution < -0.4 is 77.4 Å². The van der Waals surface area contributed by atoms with Gasteiger partial charge in [-0.1, -0.05) is 146 Å². The number of rotatable bonds is 32. The third-order valence-electron chi connectivity index (χ3n) is 25.1. The van der Waals surface area contributed by atoms with Crippen molar-refractivity contribution < 1.29 is 65.9 Å². The number of likely N-dealkylation sites (tertiary alicyclic amines) is 1. The second kappa shape index (κ2) is 47.9. The molecule has 34 heteroatoms. The maximum Gasteiger partial charge on any atom is 0.320 e. The molecule has 0 bridgehead atoms. The molecule has 17 rings (SSSR count). The molecule has 0 unspecified atom stereocenters. The van der Waals surface area contributed by atoms with Gasteiger partial charge in [-0.05, 0) is 217 Å². The van der Waals surface area contributed by atoms with Crippen LogP contribution in [0.3, 0.4) is 0 Å². The molecule has 138 heavy (non-hydrogen) atoms. The molecule has 4 saturated heterocycles. The first kappa shape index (κ1) is 100. The van der Waals surface area contributed by atoms with E-state index in [-0.39, 0.29) is 42.9 Å². The Morgan fingerprint density at radius 3 is 0.949 bits per heavy atom. The van der Waals surface area contributed by atoms with Gasteiger partial charge in [-0.2, -0.15) is 0 Å². The second-order valence-electron chi connectivity index (χ2n) is 35.7. The van der Waals surface area contributed by atoms with Crippen molar-refractivity contribution in [3.8, 4) is 46.3 Å². The van der Waals surface area contributed by atoms with Gasteiger partial charge in [-0.15, -0.1) is 20.4 Å². The molecule has 730 valence electrons. The number of methoxy groups -OCH3 is 4. The molecular weight excluding hydrogens is 1760 g/mol. The predicted octanol–water partition coefficient (Wildman–Crippen LogP) is 15.8. The number of aromatic nitrogens is 8. The zero-order valence-electron chi connectivity index (χ0n) is 80.8. The summed E-state index contributed by atoms with van der Waals surface area (Å²) in [6.45, 7) is 24.6. The zero-order chi connectivity index (χ0) is 97.4. The minimum atomic E-state index is -1.11. The average Bonchev–Trinajstić information content (AvgIpc) is 1.22. The molecule has 12 aromatic rings. The van der Waals surface area contributed by atoms with Crippen molar-refractivity contribution in [2.45, 2.75) is 170 Å².